The minimum Gasteiger partial charge on any atom is -0.298 e. The smallest absolute Gasteiger partial charge is 0.257 e. The number of carbonyl (C=O) groups excluding carboxylic acids is 1. The molecule has 1 aromatic heterocycles. The van der Waals surface area contributed by atoms with Crippen molar-refractivity contribution < 1.29 is 4.79 Å². The van der Waals surface area contributed by atoms with Crippen molar-refractivity contribution in [3.05, 3.63) is 44.9 Å². The summed E-state index contributed by atoms with van der Waals surface area (Å²) >= 11 is 4.93. The number of thiazole rings is 1. The van der Waals surface area contributed by atoms with Gasteiger partial charge in [-0.05, 0) is 37.5 Å². The van der Waals surface area contributed by atoms with Crippen LogP contribution in [0.1, 0.15) is 40.4 Å². The van der Waals surface area contributed by atoms with E-state index in [0.29, 0.717) is 16.6 Å². The van der Waals surface area contributed by atoms with E-state index in [2.05, 4.69) is 26.2 Å². The molecule has 98 valence electrons. The fourth-order valence-electron chi connectivity index (χ4n) is 1.81. The van der Waals surface area contributed by atoms with E-state index in [1.54, 1.807) is 0 Å². The number of carbonyl (C=O) groups is 1. The van der Waals surface area contributed by atoms with Crippen molar-refractivity contribution in [3.8, 4) is 0 Å². The van der Waals surface area contributed by atoms with Gasteiger partial charge in [-0.3, -0.25) is 10.1 Å². The van der Waals surface area contributed by atoms with Crippen molar-refractivity contribution in [2.75, 3.05) is 5.32 Å². The molecule has 1 aromatic carbocycles. The summed E-state index contributed by atoms with van der Waals surface area (Å²) in [5.74, 6) is 0.507. The largest absolute Gasteiger partial charge is 0.298 e. The number of anilines is 1. The normalized spacial score (nSPS) is 14.4. The number of amides is 1. The molecule has 0 unspecified atom stereocenters. The van der Waals surface area contributed by atoms with Crippen molar-refractivity contribution in [1.82, 2.24) is 4.98 Å². The first-order chi connectivity index (χ1) is 9.13. The second-order valence-corrected chi connectivity index (χ2v) is 6.48. The van der Waals surface area contributed by atoms with Crippen molar-refractivity contribution in [1.29, 1.82) is 0 Å². The molecule has 1 aliphatic rings. The average Bonchev–Trinajstić information content (AvgIpc) is 3.14. The Bertz CT molecular complexity index is 634. The molecule has 1 saturated carbocycles. The molecule has 3 rings (SSSR count). The van der Waals surface area contributed by atoms with E-state index in [1.807, 2.05) is 30.5 Å². The SMILES string of the molecule is Cc1ccc(C(=O)Nc2nc(C3CC3)cs2)cc1Br. The number of nitrogens with zero attached hydrogens (tertiary/aromatic N) is 1. The van der Waals surface area contributed by atoms with Crippen LogP contribution in [0.4, 0.5) is 5.13 Å². The lowest BCUT2D eigenvalue weighted by Gasteiger charge is -2.04. The molecular weight excluding hydrogens is 324 g/mol. The number of nitrogens with one attached hydrogen (secondary N) is 1. The third-order valence-electron chi connectivity index (χ3n) is 3.17. The number of hydrogen-bond donors (Lipinski definition) is 1. The number of aryl methyl sites for hydroxylation is 1. The topological polar surface area (TPSA) is 42.0 Å². The van der Waals surface area contributed by atoms with E-state index in [1.165, 1.54) is 24.2 Å². The Hall–Kier alpha value is -1.20. The highest BCUT2D eigenvalue weighted by Gasteiger charge is 2.26. The van der Waals surface area contributed by atoms with E-state index in [-0.39, 0.29) is 5.91 Å². The van der Waals surface area contributed by atoms with Gasteiger partial charge in [0, 0.05) is 21.3 Å². The summed E-state index contributed by atoms with van der Waals surface area (Å²) in [4.78, 5) is 16.6. The van der Waals surface area contributed by atoms with Crippen LogP contribution in [0.25, 0.3) is 0 Å². The molecule has 0 radical (unpaired) electrons. The highest BCUT2D eigenvalue weighted by atomic mass is 79.9. The van der Waals surface area contributed by atoms with Crippen LogP contribution in [0.15, 0.2) is 28.1 Å². The number of hydrogen-bond acceptors (Lipinski definition) is 3. The summed E-state index contributed by atoms with van der Waals surface area (Å²) in [5.41, 5.74) is 2.87. The Morgan fingerprint density at radius 1 is 1.47 bits per heavy atom. The summed E-state index contributed by atoms with van der Waals surface area (Å²) in [6.07, 6.45) is 2.45. The highest BCUT2D eigenvalue weighted by Crippen LogP contribution is 2.40. The van der Waals surface area contributed by atoms with E-state index in [9.17, 15) is 4.79 Å². The lowest BCUT2D eigenvalue weighted by molar-refractivity contribution is 0.102. The zero-order valence-corrected chi connectivity index (χ0v) is 12.8. The standard InChI is InChI=1S/C14H13BrN2OS/c1-8-2-3-10(6-11(8)15)13(18)17-14-16-12(7-19-14)9-4-5-9/h2-3,6-7,9H,4-5H2,1H3,(H,16,17,18). The van der Waals surface area contributed by atoms with Crippen molar-refractivity contribution in [2.45, 2.75) is 25.7 Å². The van der Waals surface area contributed by atoms with Gasteiger partial charge in [0.15, 0.2) is 5.13 Å². The second kappa shape index (κ2) is 5.06. The van der Waals surface area contributed by atoms with Gasteiger partial charge in [0.25, 0.3) is 5.91 Å². The fourth-order valence-corrected chi connectivity index (χ4v) is 2.98. The summed E-state index contributed by atoms with van der Waals surface area (Å²) in [5, 5.41) is 5.58. The minimum absolute atomic E-state index is 0.114. The maximum absolute atomic E-state index is 12.1. The number of halogens is 1. The predicted molar refractivity (Wildman–Crippen MR) is 80.9 cm³/mol. The van der Waals surface area contributed by atoms with Crippen LogP contribution in [-0.4, -0.2) is 10.9 Å². The molecule has 1 amide bonds. The van der Waals surface area contributed by atoms with Crippen molar-refractivity contribution in [3.63, 3.8) is 0 Å². The van der Waals surface area contributed by atoms with Gasteiger partial charge in [0.05, 0.1) is 5.69 Å². The van der Waals surface area contributed by atoms with Crippen LogP contribution in [0, 0.1) is 6.92 Å². The maximum atomic E-state index is 12.1. The molecule has 0 spiro atoms. The van der Waals surface area contributed by atoms with Gasteiger partial charge in [-0.1, -0.05) is 22.0 Å². The maximum Gasteiger partial charge on any atom is 0.257 e. The van der Waals surface area contributed by atoms with E-state index < -0.39 is 0 Å². The number of aromatic nitrogens is 1. The van der Waals surface area contributed by atoms with E-state index in [4.69, 9.17) is 0 Å². The average molecular weight is 337 g/mol. The van der Waals surface area contributed by atoms with Gasteiger partial charge in [-0.2, -0.15) is 0 Å². The van der Waals surface area contributed by atoms with Gasteiger partial charge < -0.3 is 0 Å². The molecule has 1 heterocycles. The van der Waals surface area contributed by atoms with Crippen molar-refractivity contribution in [2.24, 2.45) is 0 Å². The molecule has 5 heteroatoms. The Labute approximate surface area is 124 Å². The van der Waals surface area contributed by atoms with E-state index in [0.717, 1.165) is 15.7 Å². The van der Waals surface area contributed by atoms with Crippen LogP contribution in [-0.2, 0) is 0 Å². The molecule has 19 heavy (non-hydrogen) atoms. The zero-order valence-electron chi connectivity index (χ0n) is 10.4. The highest BCUT2D eigenvalue weighted by molar-refractivity contribution is 9.10. The summed E-state index contributed by atoms with van der Waals surface area (Å²) in [6, 6.07) is 5.58. The summed E-state index contributed by atoms with van der Waals surface area (Å²) < 4.78 is 0.943. The lowest BCUT2D eigenvalue weighted by atomic mass is 10.1. The molecule has 1 aliphatic carbocycles. The third kappa shape index (κ3) is 2.87. The molecule has 3 nitrogen and oxygen atoms in total. The molecule has 0 bridgehead atoms. The summed E-state index contributed by atoms with van der Waals surface area (Å²) in [6.45, 7) is 1.99. The first kappa shape index (κ1) is 12.8. The lowest BCUT2D eigenvalue weighted by Crippen LogP contribution is -2.11. The molecule has 0 aliphatic heterocycles. The Kier molecular flexibility index (Phi) is 3.41. The third-order valence-corrected chi connectivity index (χ3v) is 4.80. The molecule has 1 N–H and O–H groups in total. The van der Waals surface area contributed by atoms with Crippen LogP contribution >= 0.6 is 27.3 Å². The van der Waals surface area contributed by atoms with Crippen LogP contribution in [0.2, 0.25) is 0 Å². The first-order valence-electron chi connectivity index (χ1n) is 6.16. The van der Waals surface area contributed by atoms with Crippen LogP contribution in [0.3, 0.4) is 0 Å². The number of rotatable bonds is 3. The van der Waals surface area contributed by atoms with Gasteiger partial charge in [-0.25, -0.2) is 4.98 Å². The van der Waals surface area contributed by atoms with Crippen LogP contribution < -0.4 is 5.32 Å². The second-order valence-electron chi connectivity index (χ2n) is 4.77. The van der Waals surface area contributed by atoms with Gasteiger partial charge in [0.1, 0.15) is 0 Å². The van der Waals surface area contributed by atoms with E-state index >= 15 is 0 Å². The molecule has 1 fully saturated rings. The van der Waals surface area contributed by atoms with Gasteiger partial charge in [-0.15, -0.1) is 11.3 Å². The minimum atomic E-state index is -0.114. The first-order valence-corrected chi connectivity index (χ1v) is 7.83. The van der Waals surface area contributed by atoms with Crippen LogP contribution in [0.5, 0.6) is 0 Å². The monoisotopic (exact) mass is 336 g/mol. The Balaban J connectivity index is 1.74. The molecule has 2 aromatic rings. The predicted octanol–water partition coefficient (Wildman–Crippen LogP) is 4.34. The van der Waals surface area contributed by atoms with Gasteiger partial charge in [0.2, 0.25) is 0 Å². The fraction of sp³-hybridized carbons (Fsp3) is 0.286. The molecule has 0 saturated heterocycles. The molecule has 0 atom stereocenters. The quantitative estimate of drug-likeness (QED) is 0.905. The zero-order chi connectivity index (χ0) is 13.4. The number of benzene rings is 1. The Morgan fingerprint density at radius 3 is 2.95 bits per heavy atom. The van der Waals surface area contributed by atoms with Gasteiger partial charge >= 0.3 is 0 Å². The molecular formula is C14H13BrN2OS. The summed E-state index contributed by atoms with van der Waals surface area (Å²) in [7, 11) is 0. The Morgan fingerprint density at radius 2 is 2.26 bits per heavy atom. The van der Waals surface area contributed by atoms with Crippen molar-refractivity contribution >= 4 is 38.3 Å².